The van der Waals surface area contributed by atoms with E-state index in [4.69, 9.17) is 5.11 Å². The molecule has 1 aliphatic carbocycles. The van der Waals surface area contributed by atoms with E-state index in [1.165, 1.54) is 0 Å². The van der Waals surface area contributed by atoms with Gasteiger partial charge in [0.15, 0.2) is 0 Å². The van der Waals surface area contributed by atoms with Gasteiger partial charge in [0.2, 0.25) is 5.91 Å². The van der Waals surface area contributed by atoms with Gasteiger partial charge in [-0.3, -0.25) is 9.59 Å². The molecule has 110 valence electrons. The van der Waals surface area contributed by atoms with Crippen molar-refractivity contribution in [3.05, 3.63) is 0 Å². The number of carboxylic acid groups (broad SMARTS) is 1. The van der Waals surface area contributed by atoms with Gasteiger partial charge >= 0.3 is 5.97 Å². The maximum Gasteiger partial charge on any atom is 0.306 e. The number of likely N-dealkylation sites (N-methyl/N-ethyl adjacent to an activating group) is 1. The van der Waals surface area contributed by atoms with E-state index >= 15 is 0 Å². The SMILES string of the molecule is CNC(=O)C(CC(C)C)NC1CCCC(C(=O)O)C1. The smallest absolute Gasteiger partial charge is 0.306 e. The second kappa shape index (κ2) is 7.48. The predicted octanol–water partition coefficient (Wildman–Crippen LogP) is 1.38. The highest BCUT2D eigenvalue weighted by molar-refractivity contribution is 5.81. The summed E-state index contributed by atoms with van der Waals surface area (Å²) in [7, 11) is 1.64. The first-order valence-electron chi connectivity index (χ1n) is 7.14. The zero-order valence-corrected chi connectivity index (χ0v) is 12.1. The molecule has 1 rings (SSSR count). The lowest BCUT2D eigenvalue weighted by molar-refractivity contribution is -0.143. The van der Waals surface area contributed by atoms with Crippen LogP contribution in [-0.4, -0.2) is 36.1 Å². The van der Waals surface area contributed by atoms with Gasteiger partial charge in [-0.1, -0.05) is 20.3 Å². The summed E-state index contributed by atoms with van der Waals surface area (Å²) in [4.78, 5) is 22.9. The standard InChI is InChI=1S/C14H26N2O3/c1-9(2)7-12(13(17)15-3)16-11-6-4-5-10(8-11)14(18)19/h9-12,16H,4-8H2,1-3H3,(H,15,17)(H,18,19). The molecular weight excluding hydrogens is 244 g/mol. The molecule has 1 amide bonds. The third kappa shape index (κ3) is 5.19. The highest BCUT2D eigenvalue weighted by Crippen LogP contribution is 2.25. The fourth-order valence-corrected chi connectivity index (χ4v) is 2.75. The Labute approximate surface area is 115 Å². The van der Waals surface area contributed by atoms with Gasteiger partial charge in [0.05, 0.1) is 12.0 Å². The average molecular weight is 270 g/mol. The molecule has 0 heterocycles. The zero-order chi connectivity index (χ0) is 14.4. The average Bonchev–Trinajstić information content (AvgIpc) is 2.36. The summed E-state index contributed by atoms with van der Waals surface area (Å²) in [5.74, 6) is -0.567. The van der Waals surface area contributed by atoms with Crippen molar-refractivity contribution in [2.24, 2.45) is 11.8 Å². The summed E-state index contributed by atoms with van der Waals surface area (Å²) in [5.41, 5.74) is 0. The second-order valence-corrected chi connectivity index (χ2v) is 5.86. The number of carbonyl (C=O) groups is 2. The van der Waals surface area contributed by atoms with Crippen LogP contribution >= 0.6 is 0 Å². The van der Waals surface area contributed by atoms with Crippen LogP contribution in [0.3, 0.4) is 0 Å². The molecule has 1 fully saturated rings. The molecule has 1 aliphatic rings. The van der Waals surface area contributed by atoms with Crippen molar-refractivity contribution in [1.82, 2.24) is 10.6 Å². The van der Waals surface area contributed by atoms with Gasteiger partial charge in [-0.25, -0.2) is 0 Å². The van der Waals surface area contributed by atoms with Crippen LogP contribution in [0, 0.1) is 11.8 Å². The molecule has 5 nitrogen and oxygen atoms in total. The molecule has 1 saturated carbocycles. The van der Waals surface area contributed by atoms with Gasteiger partial charge in [-0.05, 0) is 31.6 Å². The fourth-order valence-electron chi connectivity index (χ4n) is 2.75. The van der Waals surface area contributed by atoms with Crippen LogP contribution in [0.2, 0.25) is 0 Å². The highest BCUT2D eigenvalue weighted by Gasteiger charge is 2.29. The first-order chi connectivity index (χ1) is 8.93. The van der Waals surface area contributed by atoms with Gasteiger partial charge in [0.25, 0.3) is 0 Å². The molecule has 0 bridgehead atoms. The Kier molecular flexibility index (Phi) is 6.28. The van der Waals surface area contributed by atoms with Crippen molar-refractivity contribution in [2.45, 2.75) is 58.0 Å². The molecular formula is C14H26N2O3. The number of hydrogen-bond acceptors (Lipinski definition) is 3. The van der Waals surface area contributed by atoms with Crippen molar-refractivity contribution in [3.8, 4) is 0 Å². The van der Waals surface area contributed by atoms with E-state index in [1.54, 1.807) is 7.05 Å². The minimum atomic E-state index is -0.716. The van der Waals surface area contributed by atoms with Gasteiger partial charge in [-0.15, -0.1) is 0 Å². The molecule has 5 heteroatoms. The first-order valence-corrected chi connectivity index (χ1v) is 7.14. The number of carboxylic acids is 1. The molecule has 3 unspecified atom stereocenters. The Morgan fingerprint density at radius 2 is 2.00 bits per heavy atom. The van der Waals surface area contributed by atoms with E-state index in [-0.39, 0.29) is 23.9 Å². The molecule has 3 atom stereocenters. The number of rotatable bonds is 6. The molecule has 0 radical (unpaired) electrons. The van der Waals surface area contributed by atoms with E-state index in [2.05, 4.69) is 24.5 Å². The monoisotopic (exact) mass is 270 g/mol. The third-order valence-electron chi connectivity index (χ3n) is 3.73. The molecule has 0 aromatic heterocycles. The topological polar surface area (TPSA) is 78.4 Å². The molecule has 0 saturated heterocycles. The Morgan fingerprint density at radius 1 is 1.32 bits per heavy atom. The van der Waals surface area contributed by atoms with Crippen LogP contribution in [0.1, 0.15) is 46.0 Å². The number of hydrogen-bond donors (Lipinski definition) is 3. The molecule has 0 aromatic rings. The van der Waals surface area contributed by atoms with Crippen LogP contribution in [0.4, 0.5) is 0 Å². The summed E-state index contributed by atoms with van der Waals surface area (Å²) in [5, 5.41) is 15.1. The predicted molar refractivity (Wildman–Crippen MR) is 73.8 cm³/mol. The van der Waals surface area contributed by atoms with E-state index in [0.29, 0.717) is 12.3 Å². The highest BCUT2D eigenvalue weighted by atomic mass is 16.4. The van der Waals surface area contributed by atoms with Crippen LogP contribution in [0.15, 0.2) is 0 Å². The Morgan fingerprint density at radius 3 is 2.53 bits per heavy atom. The van der Waals surface area contributed by atoms with E-state index in [0.717, 1.165) is 25.7 Å². The molecule has 19 heavy (non-hydrogen) atoms. The Bertz CT molecular complexity index is 318. The maximum atomic E-state index is 11.8. The molecule has 0 aliphatic heterocycles. The van der Waals surface area contributed by atoms with Gasteiger partial charge in [0.1, 0.15) is 0 Å². The van der Waals surface area contributed by atoms with Crippen molar-refractivity contribution in [3.63, 3.8) is 0 Å². The Balaban J connectivity index is 2.57. The summed E-state index contributed by atoms with van der Waals surface area (Å²) >= 11 is 0. The van der Waals surface area contributed by atoms with Gasteiger partial charge in [0, 0.05) is 13.1 Å². The number of amides is 1. The minimum absolute atomic E-state index is 0.00820. The lowest BCUT2D eigenvalue weighted by atomic mass is 9.85. The molecule has 0 aromatic carbocycles. The quantitative estimate of drug-likeness (QED) is 0.681. The maximum absolute atomic E-state index is 11.8. The van der Waals surface area contributed by atoms with Gasteiger partial charge < -0.3 is 15.7 Å². The van der Waals surface area contributed by atoms with Crippen LogP contribution in [-0.2, 0) is 9.59 Å². The second-order valence-electron chi connectivity index (χ2n) is 5.86. The molecule has 0 spiro atoms. The summed E-state index contributed by atoms with van der Waals surface area (Å²) in [6, 6.07) is -0.0848. The van der Waals surface area contributed by atoms with Crippen molar-refractivity contribution in [2.75, 3.05) is 7.05 Å². The van der Waals surface area contributed by atoms with E-state index in [1.807, 2.05) is 0 Å². The van der Waals surface area contributed by atoms with Crippen LogP contribution in [0.25, 0.3) is 0 Å². The lowest BCUT2D eigenvalue weighted by Gasteiger charge is -2.31. The molecule has 3 N–H and O–H groups in total. The van der Waals surface area contributed by atoms with Crippen molar-refractivity contribution >= 4 is 11.9 Å². The van der Waals surface area contributed by atoms with Crippen molar-refractivity contribution < 1.29 is 14.7 Å². The Hall–Kier alpha value is -1.10. The van der Waals surface area contributed by atoms with Crippen molar-refractivity contribution in [1.29, 1.82) is 0 Å². The zero-order valence-electron chi connectivity index (χ0n) is 12.1. The van der Waals surface area contributed by atoms with E-state index < -0.39 is 5.97 Å². The number of aliphatic carboxylic acids is 1. The first kappa shape index (κ1) is 16.0. The summed E-state index contributed by atoms with van der Waals surface area (Å²) < 4.78 is 0. The van der Waals surface area contributed by atoms with Crippen LogP contribution < -0.4 is 10.6 Å². The largest absolute Gasteiger partial charge is 0.481 e. The number of carbonyl (C=O) groups excluding carboxylic acids is 1. The normalized spacial score (nSPS) is 25.1. The lowest BCUT2D eigenvalue weighted by Crippen LogP contribution is -2.49. The third-order valence-corrected chi connectivity index (χ3v) is 3.73. The van der Waals surface area contributed by atoms with Crippen LogP contribution in [0.5, 0.6) is 0 Å². The van der Waals surface area contributed by atoms with E-state index in [9.17, 15) is 9.59 Å². The summed E-state index contributed by atoms with van der Waals surface area (Å²) in [6.45, 7) is 4.16. The summed E-state index contributed by atoms with van der Waals surface area (Å²) in [6.07, 6.45) is 4.02. The minimum Gasteiger partial charge on any atom is -0.481 e. The van der Waals surface area contributed by atoms with Gasteiger partial charge in [-0.2, -0.15) is 0 Å². The number of nitrogens with one attached hydrogen (secondary N) is 2. The fraction of sp³-hybridized carbons (Fsp3) is 0.857.